The van der Waals surface area contributed by atoms with Crippen LogP contribution in [0, 0.1) is 6.92 Å². The van der Waals surface area contributed by atoms with E-state index in [9.17, 15) is 0 Å². The number of furan rings is 1. The Morgan fingerprint density at radius 3 is 2.11 bits per heavy atom. The Balaban J connectivity index is 1.16. The Morgan fingerprint density at radius 1 is 0.565 bits per heavy atom. The summed E-state index contributed by atoms with van der Waals surface area (Å²) >= 11 is 0. The number of hydrogen-bond acceptors (Lipinski definition) is 2. The minimum atomic E-state index is -0.282. The van der Waals surface area contributed by atoms with Gasteiger partial charge in [0, 0.05) is 33.4 Å². The molecule has 0 amide bonds. The highest BCUT2D eigenvalue weighted by molar-refractivity contribution is 6.71. The van der Waals surface area contributed by atoms with Gasteiger partial charge in [0.05, 0.1) is 5.69 Å². The molecule has 0 fully saturated rings. The SMILES string of the molecule is Cc1cc2c(cc1Nc1ccc3c(oc4ccccc43)c1-c1c3c(cc4c1C(C)(C)c1ccccc1-4)C1c4c(cccc4-c4ccc5ccccc5c41)[B]3)C(C)(C)CCC2(C)C. The fourth-order valence-corrected chi connectivity index (χ4v) is 12.5. The molecule has 0 bridgehead atoms. The molecule has 0 spiro atoms. The fraction of sp³-hybridized carbons (Fsp3) is 0.220. The first-order chi connectivity index (χ1) is 29.9. The van der Waals surface area contributed by atoms with Gasteiger partial charge in [-0.2, -0.15) is 0 Å². The smallest absolute Gasteiger partial charge is 0.193 e. The van der Waals surface area contributed by atoms with Crippen LogP contribution < -0.4 is 16.2 Å². The molecular weight excluding hydrogens is 749 g/mol. The maximum absolute atomic E-state index is 7.19. The van der Waals surface area contributed by atoms with Crippen LogP contribution in [0.25, 0.3) is 66.1 Å². The lowest BCUT2D eigenvalue weighted by Crippen LogP contribution is -2.41. The quantitative estimate of drug-likeness (QED) is 0.180. The van der Waals surface area contributed by atoms with Crippen molar-refractivity contribution in [2.45, 2.75) is 83.5 Å². The van der Waals surface area contributed by atoms with Crippen LogP contribution in [0.1, 0.15) is 105 Å². The summed E-state index contributed by atoms with van der Waals surface area (Å²) in [6.45, 7) is 16.8. The van der Waals surface area contributed by atoms with E-state index >= 15 is 0 Å². The lowest BCUT2D eigenvalue weighted by Gasteiger charge is -2.42. The lowest BCUT2D eigenvalue weighted by molar-refractivity contribution is 0.332. The average molecular weight is 799 g/mol. The van der Waals surface area contributed by atoms with E-state index in [2.05, 4.69) is 195 Å². The van der Waals surface area contributed by atoms with Crippen LogP contribution in [-0.4, -0.2) is 7.28 Å². The van der Waals surface area contributed by atoms with Gasteiger partial charge in [-0.1, -0.05) is 162 Å². The largest absolute Gasteiger partial charge is 0.455 e. The summed E-state index contributed by atoms with van der Waals surface area (Å²) in [4.78, 5) is 0. The summed E-state index contributed by atoms with van der Waals surface area (Å²) in [6.07, 6.45) is 2.36. The highest BCUT2D eigenvalue weighted by atomic mass is 16.3. The van der Waals surface area contributed by atoms with Gasteiger partial charge >= 0.3 is 0 Å². The maximum Gasteiger partial charge on any atom is 0.193 e. The molecule has 2 nitrogen and oxygen atoms in total. The van der Waals surface area contributed by atoms with Gasteiger partial charge in [-0.05, 0) is 138 Å². The van der Waals surface area contributed by atoms with Gasteiger partial charge in [-0.3, -0.25) is 0 Å². The Kier molecular flexibility index (Phi) is 7.15. The molecule has 3 heteroatoms. The summed E-state index contributed by atoms with van der Waals surface area (Å²) in [6, 6.07) is 50.5. The molecule has 4 aliphatic rings. The summed E-state index contributed by atoms with van der Waals surface area (Å²) in [5.74, 6) is 0.0852. The van der Waals surface area contributed by atoms with Gasteiger partial charge in [0.2, 0.25) is 0 Å². The van der Waals surface area contributed by atoms with Crippen molar-refractivity contribution in [2.75, 3.05) is 5.32 Å². The number of para-hydroxylation sites is 1. The van der Waals surface area contributed by atoms with Crippen LogP contribution in [0.2, 0.25) is 0 Å². The van der Waals surface area contributed by atoms with Gasteiger partial charge in [0.1, 0.15) is 11.2 Å². The van der Waals surface area contributed by atoms with Gasteiger partial charge in [0.15, 0.2) is 7.28 Å². The van der Waals surface area contributed by atoms with Crippen molar-refractivity contribution in [1.29, 1.82) is 0 Å². The molecule has 1 aromatic heterocycles. The highest BCUT2D eigenvalue weighted by Crippen LogP contribution is 2.58. The lowest BCUT2D eigenvalue weighted by atomic mass is 9.51. The molecule has 1 atom stereocenters. The minimum Gasteiger partial charge on any atom is -0.455 e. The third-order valence-electron chi connectivity index (χ3n) is 15.8. The van der Waals surface area contributed by atoms with Crippen molar-refractivity contribution >= 4 is 62.3 Å². The molecule has 8 aromatic carbocycles. The summed E-state index contributed by atoms with van der Waals surface area (Å²) in [7, 11) is 2.52. The van der Waals surface area contributed by atoms with Crippen LogP contribution in [0.4, 0.5) is 11.4 Å². The van der Waals surface area contributed by atoms with Gasteiger partial charge in [0.25, 0.3) is 0 Å². The second-order valence-corrected chi connectivity index (χ2v) is 20.5. The molecule has 62 heavy (non-hydrogen) atoms. The Bertz CT molecular complexity index is 3470. The van der Waals surface area contributed by atoms with Crippen molar-refractivity contribution in [3.63, 3.8) is 0 Å². The van der Waals surface area contributed by atoms with Gasteiger partial charge in [-0.25, -0.2) is 0 Å². The zero-order valence-corrected chi connectivity index (χ0v) is 36.7. The number of aryl methyl sites for hydroxylation is 1. The molecule has 0 saturated heterocycles. The first-order valence-corrected chi connectivity index (χ1v) is 22.6. The molecule has 13 rings (SSSR count). The van der Waals surface area contributed by atoms with E-state index in [-0.39, 0.29) is 22.2 Å². The predicted octanol–water partition coefficient (Wildman–Crippen LogP) is 14.2. The van der Waals surface area contributed by atoms with E-state index in [1.165, 1.54) is 107 Å². The summed E-state index contributed by atoms with van der Waals surface area (Å²) < 4.78 is 7.19. The molecule has 0 saturated carbocycles. The molecule has 1 unspecified atom stereocenters. The summed E-state index contributed by atoms with van der Waals surface area (Å²) in [5, 5.41) is 9.06. The van der Waals surface area contributed by atoms with E-state index in [0.29, 0.717) is 0 Å². The van der Waals surface area contributed by atoms with E-state index in [1.54, 1.807) is 0 Å². The topological polar surface area (TPSA) is 25.2 Å². The monoisotopic (exact) mass is 798 g/mol. The zero-order chi connectivity index (χ0) is 42.0. The van der Waals surface area contributed by atoms with E-state index in [0.717, 1.165) is 38.9 Å². The first kappa shape index (κ1) is 36.3. The number of fused-ring (bicyclic) bond motifs is 14. The molecule has 2 heterocycles. The third-order valence-corrected chi connectivity index (χ3v) is 15.8. The number of benzene rings is 8. The predicted molar refractivity (Wildman–Crippen MR) is 262 cm³/mol. The third kappa shape index (κ3) is 4.72. The minimum absolute atomic E-state index is 0.0819. The van der Waals surface area contributed by atoms with Crippen LogP contribution in [0.5, 0.6) is 0 Å². The Labute approximate surface area is 365 Å². The number of anilines is 2. The van der Waals surface area contributed by atoms with Crippen LogP contribution in [0.3, 0.4) is 0 Å². The van der Waals surface area contributed by atoms with Gasteiger partial charge < -0.3 is 9.73 Å². The molecule has 9 aromatic rings. The van der Waals surface area contributed by atoms with Crippen molar-refractivity contribution in [3.05, 3.63) is 178 Å². The summed E-state index contributed by atoms with van der Waals surface area (Å²) in [5.41, 5.74) is 25.5. The molecule has 1 aliphatic heterocycles. The van der Waals surface area contributed by atoms with E-state index < -0.39 is 0 Å². The molecular formula is C59H49BNO. The van der Waals surface area contributed by atoms with Crippen molar-refractivity contribution in [1.82, 2.24) is 0 Å². The van der Waals surface area contributed by atoms with Crippen molar-refractivity contribution in [2.24, 2.45) is 0 Å². The fourth-order valence-electron chi connectivity index (χ4n) is 12.5. The first-order valence-electron chi connectivity index (χ1n) is 22.6. The van der Waals surface area contributed by atoms with Crippen molar-refractivity contribution < 1.29 is 4.42 Å². The van der Waals surface area contributed by atoms with E-state index in [4.69, 9.17) is 4.42 Å². The Morgan fingerprint density at radius 2 is 1.27 bits per heavy atom. The van der Waals surface area contributed by atoms with Crippen LogP contribution >= 0.6 is 0 Å². The molecule has 1 radical (unpaired) electrons. The number of hydrogen-bond donors (Lipinski definition) is 1. The highest BCUT2D eigenvalue weighted by Gasteiger charge is 2.45. The van der Waals surface area contributed by atoms with E-state index in [1.807, 2.05) is 0 Å². The molecule has 3 aliphatic carbocycles. The normalized spacial score (nSPS) is 17.8. The molecule has 299 valence electrons. The average Bonchev–Trinajstić information content (AvgIpc) is 3.89. The maximum atomic E-state index is 7.19. The Hall–Kier alpha value is -6.32. The second kappa shape index (κ2) is 12.2. The van der Waals surface area contributed by atoms with Crippen LogP contribution in [0.15, 0.2) is 138 Å². The number of rotatable bonds is 3. The van der Waals surface area contributed by atoms with Crippen LogP contribution in [-0.2, 0) is 16.2 Å². The van der Waals surface area contributed by atoms with Gasteiger partial charge in [-0.15, -0.1) is 0 Å². The molecule has 1 N–H and O–H groups in total. The zero-order valence-electron chi connectivity index (χ0n) is 36.7. The van der Waals surface area contributed by atoms with Crippen molar-refractivity contribution in [3.8, 4) is 33.4 Å². The standard InChI is InChI=1S/C59H49BNO/c1-32-29-43-44(58(4,5)28-27-57(43,2)3)31-47(32)61-46-26-25-39-36-18-11-13-22-48(36)62-56(39)52(46)53-54-40(35-17-10-12-20-42(35)59(54,6)7)30-41-51-49-34-16-9-8-15-33(34)23-24-38(49)37-19-14-21-45(50(37)51)60-55(41)53/h8-26,29-31,51,61H,27-28H2,1-7H3. The second-order valence-electron chi connectivity index (χ2n) is 20.5. The number of nitrogens with one attached hydrogen (secondary N) is 1.